The fourth-order valence-corrected chi connectivity index (χ4v) is 3.08. The number of hydrogen-bond acceptors (Lipinski definition) is 3. The first kappa shape index (κ1) is 23.8. The lowest BCUT2D eigenvalue weighted by atomic mass is 10.0. The molecule has 1 aromatic carbocycles. The molecule has 0 amide bonds. The third-order valence-corrected chi connectivity index (χ3v) is 4.85. The van der Waals surface area contributed by atoms with Crippen LogP contribution in [0.1, 0.15) is 57.9 Å². The highest BCUT2D eigenvalue weighted by atomic mass is 19.1. The van der Waals surface area contributed by atoms with Crippen LogP contribution in [0.3, 0.4) is 0 Å². The van der Waals surface area contributed by atoms with Crippen molar-refractivity contribution in [3.05, 3.63) is 66.6 Å². The van der Waals surface area contributed by atoms with Crippen LogP contribution >= 0.6 is 0 Å². The summed E-state index contributed by atoms with van der Waals surface area (Å²) in [6.07, 6.45) is 14.1. The van der Waals surface area contributed by atoms with E-state index in [4.69, 9.17) is 9.47 Å². The highest BCUT2D eigenvalue weighted by molar-refractivity contribution is 5.65. The van der Waals surface area contributed by atoms with E-state index in [2.05, 4.69) is 25.4 Å². The number of aromatic nitrogens is 1. The molecule has 2 rings (SSSR count). The van der Waals surface area contributed by atoms with Crippen LogP contribution in [-0.2, 0) is 4.74 Å². The molecule has 0 fully saturated rings. The summed E-state index contributed by atoms with van der Waals surface area (Å²) in [6.45, 7) is 9.19. The molecule has 0 aliphatic rings. The van der Waals surface area contributed by atoms with Crippen LogP contribution in [0.5, 0.6) is 5.88 Å². The van der Waals surface area contributed by atoms with Crippen molar-refractivity contribution < 1.29 is 13.9 Å². The molecule has 0 aliphatic carbocycles. The fourth-order valence-electron chi connectivity index (χ4n) is 3.08. The Bertz CT molecular complexity index is 786. The number of benzene rings is 1. The van der Waals surface area contributed by atoms with Gasteiger partial charge in [0.2, 0.25) is 5.88 Å². The second kappa shape index (κ2) is 13.7. The zero-order valence-electron chi connectivity index (χ0n) is 18.3. The molecule has 0 radical (unpaired) electrons. The van der Waals surface area contributed by atoms with E-state index in [1.807, 2.05) is 30.4 Å². The highest BCUT2D eigenvalue weighted by Crippen LogP contribution is 2.23. The molecule has 0 saturated carbocycles. The highest BCUT2D eigenvalue weighted by Gasteiger charge is 2.05. The van der Waals surface area contributed by atoms with Crippen LogP contribution in [0.2, 0.25) is 0 Å². The van der Waals surface area contributed by atoms with Gasteiger partial charge in [-0.2, -0.15) is 0 Å². The Labute approximate surface area is 180 Å². The molecule has 0 saturated heterocycles. The molecular formula is C26H34FNO2. The number of halogens is 1. The summed E-state index contributed by atoms with van der Waals surface area (Å²) in [5, 5.41) is 0. The van der Waals surface area contributed by atoms with Gasteiger partial charge in [-0.1, -0.05) is 56.7 Å². The summed E-state index contributed by atoms with van der Waals surface area (Å²) in [5.41, 5.74) is 2.24. The Balaban J connectivity index is 1.80. The summed E-state index contributed by atoms with van der Waals surface area (Å²) in [4.78, 5) is 4.24. The van der Waals surface area contributed by atoms with E-state index >= 15 is 0 Å². The summed E-state index contributed by atoms with van der Waals surface area (Å²) in [6, 6.07) is 8.92. The van der Waals surface area contributed by atoms with Crippen molar-refractivity contribution in [2.45, 2.75) is 58.5 Å². The van der Waals surface area contributed by atoms with Gasteiger partial charge in [-0.25, -0.2) is 9.37 Å². The molecule has 1 heterocycles. The lowest BCUT2D eigenvalue weighted by Crippen LogP contribution is -2.08. The predicted octanol–water partition coefficient (Wildman–Crippen LogP) is 7.23. The Morgan fingerprint density at radius 1 is 1.13 bits per heavy atom. The third-order valence-electron chi connectivity index (χ3n) is 4.85. The topological polar surface area (TPSA) is 31.4 Å². The number of nitrogens with zero attached hydrogens (tertiary/aromatic N) is 1. The third kappa shape index (κ3) is 8.50. The lowest BCUT2D eigenvalue weighted by Gasteiger charge is -2.12. The molecule has 0 bridgehead atoms. The van der Waals surface area contributed by atoms with Gasteiger partial charge in [0, 0.05) is 30.0 Å². The Hall–Kier alpha value is -2.46. The van der Waals surface area contributed by atoms with Gasteiger partial charge in [0.1, 0.15) is 12.4 Å². The molecule has 1 aromatic heterocycles. The van der Waals surface area contributed by atoms with E-state index < -0.39 is 0 Å². The van der Waals surface area contributed by atoms with Crippen molar-refractivity contribution >= 4 is 6.08 Å². The van der Waals surface area contributed by atoms with Gasteiger partial charge in [0.05, 0.1) is 6.10 Å². The molecule has 162 valence electrons. The van der Waals surface area contributed by atoms with Crippen LogP contribution in [0.15, 0.2) is 55.3 Å². The first-order chi connectivity index (χ1) is 14.6. The van der Waals surface area contributed by atoms with E-state index in [9.17, 15) is 4.39 Å². The second-order valence-corrected chi connectivity index (χ2v) is 7.44. The maximum atomic E-state index is 14.5. The number of hydrogen-bond donors (Lipinski definition) is 0. The normalized spacial score (nSPS) is 12.2. The van der Waals surface area contributed by atoms with E-state index in [0.29, 0.717) is 18.1 Å². The van der Waals surface area contributed by atoms with Crippen LogP contribution in [0.4, 0.5) is 4.39 Å². The van der Waals surface area contributed by atoms with Crippen molar-refractivity contribution in [3.8, 4) is 17.0 Å². The Morgan fingerprint density at radius 2 is 1.97 bits per heavy atom. The molecular weight excluding hydrogens is 377 g/mol. The van der Waals surface area contributed by atoms with Crippen LogP contribution in [0, 0.1) is 5.82 Å². The molecule has 4 heteroatoms. The summed E-state index contributed by atoms with van der Waals surface area (Å²) < 4.78 is 25.7. The van der Waals surface area contributed by atoms with Crippen LogP contribution in [-0.4, -0.2) is 24.3 Å². The number of allylic oxidation sites excluding steroid dienone is 1. The molecule has 3 nitrogen and oxygen atoms in total. The zero-order chi connectivity index (χ0) is 21.6. The van der Waals surface area contributed by atoms with Gasteiger partial charge >= 0.3 is 0 Å². The maximum Gasteiger partial charge on any atom is 0.213 e. The predicted molar refractivity (Wildman–Crippen MR) is 123 cm³/mol. The number of pyridine rings is 1. The van der Waals surface area contributed by atoms with Gasteiger partial charge in [0.15, 0.2) is 0 Å². The van der Waals surface area contributed by atoms with Crippen molar-refractivity contribution in [1.29, 1.82) is 0 Å². The molecule has 1 atom stereocenters. The molecule has 0 N–H and O–H groups in total. The van der Waals surface area contributed by atoms with Gasteiger partial charge in [-0.05, 0) is 50.3 Å². The van der Waals surface area contributed by atoms with Crippen molar-refractivity contribution in [1.82, 2.24) is 4.98 Å². The Kier molecular flexibility index (Phi) is 10.9. The minimum Gasteiger partial charge on any atom is -0.473 e. The largest absolute Gasteiger partial charge is 0.473 e. The second-order valence-electron chi connectivity index (χ2n) is 7.44. The van der Waals surface area contributed by atoms with Gasteiger partial charge < -0.3 is 9.47 Å². The zero-order valence-corrected chi connectivity index (χ0v) is 18.3. The van der Waals surface area contributed by atoms with Crippen LogP contribution < -0.4 is 4.74 Å². The van der Waals surface area contributed by atoms with Crippen molar-refractivity contribution in [2.24, 2.45) is 0 Å². The van der Waals surface area contributed by atoms with Gasteiger partial charge in [-0.3, -0.25) is 0 Å². The average molecular weight is 412 g/mol. The summed E-state index contributed by atoms with van der Waals surface area (Å²) >= 11 is 0. The molecule has 0 aliphatic heterocycles. The van der Waals surface area contributed by atoms with E-state index in [0.717, 1.165) is 43.4 Å². The first-order valence-electron chi connectivity index (χ1n) is 10.9. The smallest absolute Gasteiger partial charge is 0.213 e. The van der Waals surface area contributed by atoms with Crippen molar-refractivity contribution in [3.63, 3.8) is 0 Å². The Morgan fingerprint density at radius 3 is 2.67 bits per heavy atom. The van der Waals surface area contributed by atoms with Crippen LogP contribution in [0.25, 0.3) is 17.2 Å². The lowest BCUT2D eigenvalue weighted by molar-refractivity contribution is 0.0566. The summed E-state index contributed by atoms with van der Waals surface area (Å²) in [5.74, 6) is 0.294. The monoisotopic (exact) mass is 411 g/mol. The fraction of sp³-hybridized carbons (Fsp3) is 0.423. The minimum atomic E-state index is -0.233. The number of unbranched alkanes of at least 4 members (excludes halogenated alkanes) is 3. The first-order valence-corrected chi connectivity index (χ1v) is 10.9. The molecule has 2 aromatic rings. The maximum absolute atomic E-state index is 14.5. The molecule has 1 unspecified atom stereocenters. The minimum absolute atomic E-state index is 0.233. The number of rotatable bonds is 14. The summed E-state index contributed by atoms with van der Waals surface area (Å²) in [7, 11) is 0. The SMILES string of the molecule is C=CCOc1ccc(-c2ccc(/C=C/CCCC(C)OCCCCC)c(F)c2)cn1. The van der Waals surface area contributed by atoms with Gasteiger partial charge in [0.25, 0.3) is 0 Å². The van der Waals surface area contributed by atoms with Gasteiger partial charge in [-0.15, -0.1) is 0 Å². The average Bonchev–Trinajstić information content (AvgIpc) is 2.76. The van der Waals surface area contributed by atoms with E-state index in [-0.39, 0.29) is 11.9 Å². The number of ether oxygens (including phenoxy) is 2. The van der Waals surface area contributed by atoms with E-state index in [1.165, 1.54) is 12.8 Å². The van der Waals surface area contributed by atoms with Crippen molar-refractivity contribution in [2.75, 3.05) is 13.2 Å². The quantitative estimate of drug-likeness (QED) is 0.243. The van der Waals surface area contributed by atoms with E-state index in [1.54, 1.807) is 24.4 Å². The molecule has 0 spiro atoms. The standard InChI is InChI=1S/C26H34FNO2/c1-4-6-10-18-29-21(3)11-8-7-9-12-22-13-14-23(19-25(22)27)24-15-16-26(28-20-24)30-17-5-2/h5,9,12-16,19-21H,2,4,6-8,10-11,17-18H2,1,3H3/b12-9+. The molecule has 30 heavy (non-hydrogen) atoms.